The SMILES string of the molecule is CCC[C@@H](c1nnnn1C(C)(C)C)N(Cc1ccccc1)Cc1cc2ccc(OC)cc2[nH]c1=O. The molecule has 0 saturated heterocycles. The predicted octanol–water partition coefficient (Wildman–Crippen LogP) is 4.82. The number of benzene rings is 2. The molecular formula is C27H34N6O2. The second-order valence-corrected chi connectivity index (χ2v) is 9.89. The zero-order valence-corrected chi connectivity index (χ0v) is 21.2. The van der Waals surface area contributed by atoms with Crippen LogP contribution in [0.2, 0.25) is 0 Å². The molecule has 0 fully saturated rings. The zero-order valence-electron chi connectivity index (χ0n) is 21.2. The molecule has 2 aromatic heterocycles. The first-order chi connectivity index (χ1) is 16.8. The van der Waals surface area contributed by atoms with E-state index in [2.05, 4.69) is 65.2 Å². The van der Waals surface area contributed by atoms with E-state index < -0.39 is 0 Å². The van der Waals surface area contributed by atoms with Crippen LogP contribution in [0.3, 0.4) is 0 Å². The highest BCUT2D eigenvalue weighted by molar-refractivity contribution is 5.80. The molecular weight excluding hydrogens is 440 g/mol. The Morgan fingerprint density at radius 3 is 2.54 bits per heavy atom. The summed E-state index contributed by atoms with van der Waals surface area (Å²) in [5, 5.41) is 13.8. The van der Waals surface area contributed by atoms with Gasteiger partial charge < -0.3 is 9.72 Å². The number of nitrogens with zero attached hydrogens (tertiary/aromatic N) is 5. The number of fused-ring (bicyclic) bond motifs is 1. The lowest BCUT2D eigenvalue weighted by atomic mass is 10.0. The molecule has 0 aliphatic rings. The van der Waals surface area contributed by atoms with Gasteiger partial charge in [-0.05, 0) is 66.8 Å². The third-order valence-corrected chi connectivity index (χ3v) is 6.16. The Balaban J connectivity index is 1.77. The van der Waals surface area contributed by atoms with Crippen molar-refractivity contribution >= 4 is 10.9 Å². The van der Waals surface area contributed by atoms with E-state index in [4.69, 9.17) is 4.74 Å². The largest absolute Gasteiger partial charge is 0.497 e. The smallest absolute Gasteiger partial charge is 0.252 e. The number of ether oxygens (including phenoxy) is 1. The fraction of sp³-hybridized carbons (Fsp3) is 0.407. The van der Waals surface area contributed by atoms with E-state index in [-0.39, 0.29) is 17.1 Å². The molecule has 0 aliphatic heterocycles. The van der Waals surface area contributed by atoms with Crippen LogP contribution in [0.15, 0.2) is 59.4 Å². The van der Waals surface area contributed by atoms with Gasteiger partial charge in [0.05, 0.1) is 24.2 Å². The van der Waals surface area contributed by atoms with Gasteiger partial charge in [-0.1, -0.05) is 43.7 Å². The molecule has 0 unspecified atom stereocenters. The van der Waals surface area contributed by atoms with Gasteiger partial charge in [0.25, 0.3) is 5.56 Å². The van der Waals surface area contributed by atoms with Crippen molar-refractivity contribution in [3.63, 3.8) is 0 Å². The molecule has 2 heterocycles. The first-order valence-corrected chi connectivity index (χ1v) is 12.1. The summed E-state index contributed by atoms with van der Waals surface area (Å²) in [4.78, 5) is 18.5. The summed E-state index contributed by atoms with van der Waals surface area (Å²) < 4.78 is 7.22. The van der Waals surface area contributed by atoms with Crippen LogP contribution < -0.4 is 10.3 Å². The van der Waals surface area contributed by atoms with Crippen LogP contribution >= 0.6 is 0 Å². The quantitative estimate of drug-likeness (QED) is 0.374. The van der Waals surface area contributed by atoms with Crippen molar-refractivity contribution < 1.29 is 4.74 Å². The number of hydrogen-bond acceptors (Lipinski definition) is 6. The van der Waals surface area contributed by atoms with Gasteiger partial charge in [-0.15, -0.1) is 5.10 Å². The maximum absolute atomic E-state index is 13.1. The monoisotopic (exact) mass is 474 g/mol. The Hall–Kier alpha value is -3.52. The van der Waals surface area contributed by atoms with Gasteiger partial charge >= 0.3 is 0 Å². The molecule has 0 spiro atoms. The van der Waals surface area contributed by atoms with E-state index in [1.807, 2.05) is 47.1 Å². The summed E-state index contributed by atoms with van der Waals surface area (Å²) >= 11 is 0. The van der Waals surface area contributed by atoms with Crippen molar-refractivity contribution in [2.24, 2.45) is 0 Å². The van der Waals surface area contributed by atoms with Gasteiger partial charge in [-0.2, -0.15) is 0 Å². The maximum atomic E-state index is 13.1. The van der Waals surface area contributed by atoms with Crippen LogP contribution in [0.1, 0.15) is 63.5 Å². The minimum absolute atomic E-state index is 0.0552. The van der Waals surface area contributed by atoms with Crippen LogP contribution in [0.4, 0.5) is 0 Å². The molecule has 4 aromatic rings. The Bertz CT molecular complexity index is 1320. The van der Waals surface area contributed by atoms with Crippen molar-refractivity contribution in [2.45, 2.75) is 65.2 Å². The lowest BCUT2D eigenvalue weighted by Crippen LogP contribution is -2.35. The molecule has 0 amide bonds. The number of tetrazole rings is 1. The number of hydrogen-bond donors (Lipinski definition) is 1. The predicted molar refractivity (Wildman–Crippen MR) is 137 cm³/mol. The van der Waals surface area contributed by atoms with Crippen molar-refractivity contribution in [2.75, 3.05) is 7.11 Å². The molecule has 0 saturated carbocycles. The highest BCUT2D eigenvalue weighted by Gasteiger charge is 2.30. The normalized spacial score (nSPS) is 12.9. The van der Waals surface area contributed by atoms with E-state index >= 15 is 0 Å². The molecule has 1 N–H and O–H groups in total. The van der Waals surface area contributed by atoms with Crippen molar-refractivity contribution in [3.8, 4) is 5.75 Å². The number of aromatic amines is 1. The molecule has 1 atom stereocenters. The number of methoxy groups -OCH3 is 1. The Kier molecular flexibility index (Phi) is 7.31. The fourth-order valence-corrected chi connectivity index (χ4v) is 4.41. The van der Waals surface area contributed by atoms with E-state index in [0.29, 0.717) is 24.4 Å². The molecule has 0 aliphatic carbocycles. The van der Waals surface area contributed by atoms with Crippen LogP contribution in [-0.4, -0.2) is 37.2 Å². The van der Waals surface area contributed by atoms with E-state index in [1.54, 1.807) is 7.11 Å². The van der Waals surface area contributed by atoms with E-state index in [0.717, 1.165) is 29.6 Å². The summed E-state index contributed by atoms with van der Waals surface area (Å²) in [6, 6.07) is 18.0. The second-order valence-electron chi connectivity index (χ2n) is 9.89. The minimum atomic E-state index is -0.261. The van der Waals surface area contributed by atoms with E-state index in [9.17, 15) is 4.79 Å². The molecule has 0 radical (unpaired) electrons. The molecule has 0 bridgehead atoms. The second kappa shape index (κ2) is 10.4. The number of H-pyrrole nitrogens is 1. The van der Waals surface area contributed by atoms with Crippen LogP contribution in [0, 0.1) is 0 Å². The topological polar surface area (TPSA) is 88.9 Å². The van der Waals surface area contributed by atoms with Crippen molar-refractivity contribution in [1.29, 1.82) is 0 Å². The summed E-state index contributed by atoms with van der Waals surface area (Å²) in [5.41, 5.74) is 2.27. The summed E-state index contributed by atoms with van der Waals surface area (Å²) in [7, 11) is 1.62. The zero-order chi connectivity index (χ0) is 25.0. The fourth-order valence-electron chi connectivity index (χ4n) is 4.41. The molecule has 8 nitrogen and oxygen atoms in total. The Morgan fingerprint density at radius 2 is 1.86 bits per heavy atom. The summed E-state index contributed by atoms with van der Waals surface area (Å²) in [6.45, 7) is 9.59. The lowest BCUT2D eigenvalue weighted by molar-refractivity contribution is 0.148. The Morgan fingerprint density at radius 1 is 1.09 bits per heavy atom. The third kappa shape index (κ3) is 5.59. The van der Waals surface area contributed by atoms with E-state index in [1.165, 1.54) is 5.56 Å². The van der Waals surface area contributed by atoms with Gasteiger partial charge in [0, 0.05) is 24.7 Å². The van der Waals surface area contributed by atoms with Gasteiger partial charge in [0.2, 0.25) is 0 Å². The summed E-state index contributed by atoms with van der Waals surface area (Å²) in [6.07, 6.45) is 1.83. The molecule has 8 heteroatoms. The number of aromatic nitrogens is 5. The van der Waals surface area contributed by atoms with Crippen molar-refractivity contribution in [1.82, 2.24) is 30.1 Å². The first-order valence-electron chi connectivity index (χ1n) is 12.1. The van der Waals surface area contributed by atoms with Gasteiger partial charge in [0.15, 0.2) is 5.82 Å². The minimum Gasteiger partial charge on any atom is -0.497 e. The molecule has 184 valence electrons. The maximum Gasteiger partial charge on any atom is 0.252 e. The van der Waals surface area contributed by atoms with Gasteiger partial charge in [-0.3, -0.25) is 9.69 Å². The molecule has 4 rings (SSSR count). The number of nitrogens with one attached hydrogen (secondary N) is 1. The van der Waals surface area contributed by atoms with Gasteiger partial charge in [-0.25, -0.2) is 4.68 Å². The van der Waals surface area contributed by atoms with Crippen LogP contribution in [-0.2, 0) is 18.6 Å². The summed E-state index contributed by atoms with van der Waals surface area (Å²) in [5.74, 6) is 1.53. The average molecular weight is 475 g/mol. The first kappa shape index (κ1) is 24.6. The highest BCUT2D eigenvalue weighted by Crippen LogP contribution is 2.30. The average Bonchev–Trinajstić information content (AvgIpc) is 3.33. The van der Waals surface area contributed by atoms with Crippen LogP contribution in [0.5, 0.6) is 5.75 Å². The van der Waals surface area contributed by atoms with Crippen molar-refractivity contribution in [3.05, 3.63) is 81.9 Å². The molecule has 35 heavy (non-hydrogen) atoms. The number of rotatable bonds is 9. The standard InChI is InChI=1S/C27H34N6O2/c1-6-10-24(25-29-30-31-33(25)27(2,3)4)32(17-19-11-8-7-9-12-19)18-21-15-20-13-14-22(35-5)16-23(20)28-26(21)34/h7-9,11-16,24H,6,10,17-18H2,1-5H3,(H,28,34)/t24-/m0/s1. The number of pyridine rings is 1. The highest BCUT2D eigenvalue weighted by atomic mass is 16.5. The lowest BCUT2D eigenvalue weighted by Gasteiger charge is -2.33. The van der Waals surface area contributed by atoms with Gasteiger partial charge in [0.1, 0.15) is 5.75 Å². The molecule has 2 aromatic carbocycles. The third-order valence-electron chi connectivity index (χ3n) is 6.16. The Labute approximate surface area is 205 Å². The van der Waals surface area contributed by atoms with Crippen LogP contribution in [0.25, 0.3) is 10.9 Å².